The molecular weight excluding hydrogens is 378 g/mol. The number of ether oxygens (including phenoxy) is 1. The average molecular weight is 403 g/mol. The molecule has 0 aliphatic rings. The number of hydrogen-bond acceptors (Lipinski definition) is 4. The third-order valence-corrected chi connectivity index (χ3v) is 4.42. The van der Waals surface area contributed by atoms with E-state index in [-0.39, 0.29) is 18.4 Å². The number of rotatable bonds is 9. The van der Waals surface area contributed by atoms with E-state index in [0.717, 1.165) is 6.42 Å². The van der Waals surface area contributed by atoms with Gasteiger partial charge in [-0.1, -0.05) is 42.5 Å². The van der Waals surface area contributed by atoms with E-state index in [1.165, 1.54) is 5.56 Å². The van der Waals surface area contributed by atoms with Crippen LogP contribution in [0.2, 0.25) is 0 Å². The van der Waals surface area contributed by atoms with Crippen molar-refractivity contribution < 1.29 is 14.3 Å². The van der Waals surface area contributed by atoms with Crippen LogP contribution in [0.5, 0.6) is 5.75 Å². The zero-order valence-corrected chi connectivity index (χ0v) is 16.9. The Kier molecular flexibility index (Phi) is 7.44. The molecule has 0 heterocycles. The first-order valence-electron chi connectivity index (χ1n) is 9.77. The summed E-state index contributed by atoms with van der Waals surface area (Å²) in [5.74, 6) is 0.337. The molecule has 0 atom stereocenters. The van der Waals surface area contributed by atoms with Gasteiger partial charge in [0.15, 0.2) is 0 Å². The fourth-order valence-electron chi connectivity index (χ4n) is 2.90. The monoisotopic (exact) mass is 403 g/mol. The van der Waals surface area contributed by atoms with E-state index < -0.39 is 0 Å². The first-order chi connectivity index (χ1) is 14.6. The molecule has 0 spiro atoms. The molecule has 0 fully saturated rings. The number of anilines is 2. The van der Waals surface area contributed by atoms with Gasteiger partial charge in [0.05, 0.1) is 13.2 Å². The predicted molar refractivity (Wildman–Crippen MR) is 119 cm³/mol. The van der Waals surface area contributed by atoms with Crippen molar-refractivity contribution in [3.63, 3.8) is 0 Å². The quantitative estimate of drug-likeness (QED) is 0.509. The molecule has 0 unspecified atom stereocenters. The second-order valence-electron chi connectivity index (χ2n) is 6.67. The lowest BCUT2D eigenvalue weighted by Crippen LogP contribution is -2.22. The summed E-state index contributed by atoms with van der Waals surface area (Å²) in [6.07, 6.45) is 0.816. The Hall–Kier alpha value is -3.80. The third-order valence-electron chi connectivity index (χ3n) is 4.42. The van der Waals surface area contributed by atoms with Crippen molar-refractivity contribution in [3.05, 3.63) is 90.0 Å². The Morgan fingerprint density at radius 1 is 0.867 bits per heavy atom. The molecule has 6 heteroatoms. The van der Waals surface area contributed by atoms with Gasteiger partial charge in [-0.2, -0.15) is 0 Å². The normalized spacial score (nSPS) is 10.2. The molecule has 0 saturated heterocycles. The van der Waals surface area contributed by atoms with Gasteiger partial charge in [-0.05, 0) is 35.9 Å². The van der Waals surface area contributed by atoms with Crippen LogP contribution in [0.25, 0.3) is 0 Å². The van der Waals surface area contributed by atoms with Crippen molar-refractivity contribution in [2.45, 2.75) is 6.42 Å². The molecule has 0 bridgehead atoms. The van der Waals surface area contributed by atoms with Crippen LogP contribution in [-0.4, -0.2) is 32.0 Å². The largest absolute Gasteiger partial charge is 0.493 e. The Bertz CT molecular complexity index is 990. The van der Waals surface area contributed by atoms with Gasteiger partial charge in [0.2, 0.25) is 5.91 Å². The van der Waals surface area contributed by atoms with E-state index in [2.05, 4.69) is 28.1 Å². The molecule has 154 valence electrons. The van der Waals surface area contributed by atoms with Crippen LogP contribution in [-0.2, 0) is 11.2 Å². The molecule has 3 aromatic rings. The van der Waals surface area contributed by atoms with Crippen LogP contribution in [0.4, 0.5) is 11.4 Å². The minimum Gasteiger partial charge on any atom is -0.493 e. The SMILES string of the molecule is CNC(=O)c1cccc(NCC(=O)Nc2cccc(OCCc3ccccc3)c2)c1. The van der Waals surface area contributed by atoms with Crippen molar-refractivity contribution >= 4 is 23.2 Å². The summed E-state index contributed by atoms with van der Waals surface area (Å²) in [4.78, 5) is 24.0. The van der Waals surface area contributed by atoms with E-state index in [1.54, 1.807) is 37.4 Å². The van der Waals surface area contributed by atoms with E-state index in [9.17, 15) is 9.59 Å². The minimum absolute atomic E-state index is 0.0797. The smallest absolute Gasteiger partial charge is 0.251 e. The van der Waals surface area contributed by atoms with Crippen LogP contribution in [0.1, 0.15) is 15.9 Å². The third kappa shape index (κ3) is 6.38. The number of carbonyl (C=O) groups is 2. The zero-order chi connectivity index (χ0) is 21.2. The molecule has 3 aromatic carbocycles. The number of nitrogens with one attached hydrogen (secondary N) is 3. The molecule has 30 heavy (non-hydrogen) atoms. The van der Waals surface area contributed by atoms with Crippen molar-refractivity contribution in [1.82, 2.24) is 5.32 Å². The molecule has 0 radical (unpaired) electrons. The summed E-state index contributed by atoms with van der Waals surface area (Å²) >= 11 is 0. The Morgan fingerprint density at radius 2 is 1.63 bits per heavy atom. The Balaban J connectivity index is 1.48. The van der Waals surface area contributed by atoms with Gasteiger partial charge in [-0.15, -0.1) is 0 Å². The minimum atomic E-state index is -0.193. The zero-order valence-electron chi connectivity index (χ0n) is 16.9. The second-order valence-corrected chi connectivity index (χ2v) is 6.67. The number of amides is 2. The van der Waals surface area contributed by atoms with Crippen LogP contribution in [0.3, 0.4) is 0 Å². The molecule has 0 saturated carbocycles. The van der Waals surface area contributed by atoms with Crippen molar-refractivity contribution in [1.29, 1.82) is 0 Å². The van der Waals surface area contributed by atoms with Gasteiger partial charge in [-0.25, -0.2) is 0 Å². The molecule has 3 rings (SSSR count). The Morgan fingerprint density at radius 3 is 2.43 bits per heavy atom. The number of carbonyl (C=O) groups excluding carboxylic acids is 2. The standard InChI is InChI=1S/C24H25N3O3/c1-25-24(29)19-9-5-10-20(15-19)26-17-23(28)27-21-11-6-12-22(16-21)30-14-13-18-7-3-2-4-8-18/h2-12,15-16,26H,13-14,17H2,1H3,(H,25,29)(H,27,28). The number of hydrogen-bond donors (Lipinski definition) is 3. The molecule has 3 N–H and O–H groups in total. The highest BCUT2D eigenvalue weighted by Crippen LogP contribution is 2.18. The Labute approximate surface area is 176 Å². The van der Waals surface area contributed by atoms with E-state index in [0.29, 0.717) is 29.3 Å². The molecule has 0 aromatic heterocycles. The molecular formula is C24H25N3O3. The molecule has 2 amide bonds. The summed E-state index contributed by atoms with van der Waals surface area (Å²) in [6.45, 7) is 0.640. The maximum Gasteiger partial charge on any atom is 0.251 e. The summed E-state index contributed by atoms with van der Waals surface area (Å²) in [7, 11) is 1.58. The van der Waals surface area contributed by atoms with Crippen LogP contribution in [0, 0.1) is 0 Å². The second kappa shape index (κ2) is 10.7. The predicted octanol–water partition coefficient (Wildman–Crippen LogP) is 3.72. The first kappa shape index (κ1) is 20.9. The van der Waals surface area contributed by atoms with Gasteiger partial charge in [0.25, 0.3) is 5.91 Å². The molecule has 0 aliphatic carbocycles. The molecule has 6 nitrogen and oxygen atoms in total. The van der Waals surface area contributed by atoms with Crippen LogP contribution >= 0.6 is 0 Å². The van der Waals surface area contributed by atoms with Gasteiger partial charge >= 0.3 is 0 Å². The lowest BCUT2D eigenvalue weighted by molar-refractivity contribution is -0.114. The summed E-state index contributed by atoms with van der Waals surface area (Å²) in [5, 5.41) is 8.45. The van der Waals surface area contributed by atoms with E-state index in [4.69, 9.17) is 4.74 Å². The van der Waals surface area contributed by atoms with Gasteiger partial charge in [-0.3, -0.25) is 9.59 Å². The maximum absolute atomic E-state index is 12.3. The lowest BCUT2D eigenvalue weighted by atomic mass is 10.2. The van der Waals surface area contributed by atoms with E-state index >= 15 is 0 Å². The molecule has 0 aliphatic heterocycles. The number of benzene rings is 3. The average Bonchev–Trinajstić information content (AvgIpc) is 2.78. The highest BCUT2D eigenvalue weighted by atomic mass is 16.5. The fraction of sp³-hybridized carbons (Fsp3) is 0.167. The maximum atomic E-state index is 12.3. The summed E-state index contributed by atoms with van der Waals surface area (Å²) < 4.78 is 5.80. The van der Waals surface area contributed by atoms with Crippen molar-refractivity contribution in [2.75, 3.05) is 30.8 Å². The van der Waals surface area contributed by atoms with Gasteiger partial charge < -0.3 is 20.7 Å². The highest BCUT2D eigenvalue weighted by Gasteiger charge is 2.06. The summed E-state index contributed by atoms with van der Waals surface area (Å²) in [6, 6.07) is 24.4. The van der Waals surface area contributed by atoms with Crippen LogP contribution < -0.4 is 20.7 Å². The van der Waals surface area contributed by atoms with Gasteiger partial charge in [0.1, 0.15) is 5.75 Å². The van der Waals surface area contributed by atoms with Crippen LogP contribution in [0.15, 0.2) is 78.9 Å². The van der Waals surface area contributed by atoms with Gasteiger partial charge in [0, 0.05) is 36.5 Å². The van der Waals surface area contributed by atoms with Crippen molar-refractivity contribution in [2.24, 2.45) is 0 Å². The summed E-state index contributed by atoms with van der Waals surface area (Å²) in [5.41, 5.74) is 3.11. The van der Waals surface area contributed by atoms with E-state index in [1.807, 2.05) is 36.4 Å². The fourth-order valence-corrected chi connectivity index (χ4v) is 2.90. The highest BCUT2D eigenvalue weighted by molar-refractivity contribution is 5.96. The topological polar surface area (TPSA) is 79.5 Å². The first-order valence-corrected chi connectivity index (χ1v) is 9.77. The lowest BCUT2D eigenvalue weighted by Gasteiger charge is -2.11. The van der Waals surface area contributed by atoms with Crippen molar-refractivity contribution in [3.8, 4) is 5.75 Å².